The van der Waals surface area contributed by atoms with Gasteiger partial charge in [-0.2, -0.15) is 11.8 Å². The monoisotopic (exact) mass is 373 g/mol. The van der Waals surface area contributed by atoms with Crippen LogP contribution in [0.5, 0.6) is 0 Å². The molecule has 4 rings (SSSR count). The van der Waals surface area contributed by atoms with Gasteiger partial charge in [-0.1, -0.05) is 24.1 Å². The lowest BCUT2D eigenvalue weighted by atomic mass is 9.98. The maximum atomic E-state index is 12.7. The molecule has 0 radical (unpaired) electrons. The second-order valence-corrected chi connectivity index (χ2v) is 8.92. The minimum absolute atomic E-state index is 0.0283. The predicted molar refractivity (Wildman–Crippen MR) is 106 cm³/mol. The molecule has 0 bridgehead atoms. The zero-order valence-electron chi connectivity index (χ0n) is 15.3. The molecule has 0 saturated carbocycles. The number of thioether (sulfide) groups is 1. The molecule has 2 saturated heterocycles. The third-order valence-electron chi connectivity index (χ3n) is 5.72. The number of hydrogen-bond donors (Lipinski definition) is 2. The van der Waals surface area contributed by atoms with Crippen molar-refractivity contribution in [2.45, 2.75) is 62.8 Å². The second kappa shape index (κ2) is 7.51. The highest BCUT2D eigenvalue weighted by Gasteiger charge is 2.42. The molecular formula is C20H27N3O2S. The Labute approximate surface area is 159 Å². The Morgan fingerprint density at radius 2 is 2.19 bits per heavy atom. The Morgan fingerprint density at radius 1 is 1.31 bits per heavy atom. The van der Waals surface area contributed by atoms with Gasteiger partial charge in [0.2, 0.25) is 5.91 Å². The van der Waals surface area contributed by atoms with Crippen LogP contribution in [0.4, 0.5) is 10.5 Å². The van der Waals surface area contributed by atoms with Gasteiger partial charge in [0.25, 0.3) is 0 Å². The van der Waals surface area contributed by atoms with Gasteiger partial charge in [-0.05, 0) is 44.2 Å². The van der Waals surface area contributed by atoms with Crippen molar-refractivity contribution in [1.82, 2.24) is 10.6 Å². The molecule has 26 heavy (non-hydrogen) atoms. The fraction of sp³-hybridized carbons (Fsp3) is 0.600. The Hall–Kier alpha value is -1.69. The lowest BCUT2D eigenvalue weighted by molar-refractivity contribution is -0.118. The van der Waals surface area contributed by atoms with Crippen LogP contribution in [-0.4, -0.2) is 41.6 Å². The molecule has 1 aromatic rings. The van der Waals surface area contributed by atoms with Gasteiger partial charge < -0.3 is 15.5 Å². The van der Waals surface area contributed by atoms with E-state index in [1.807, 2.05) is 16.7 Å². The van der Waals surface area contributed by atoms with Crippen LogP contribution in [0.2, 0.25) is 0 Å². The van der Waals surface area contributed by atoms with E-state index in [1.54, 1.807) is 0 Å². The molecule has 6 heteroatoms. The highest BCUT2D eigenvalue weighted by atomic mass is 32.2. The third kappa shape index (κ3) is 3.56. The summed E-state index contributed by atoms with van der Waals surface area (Å²) >= 11 is 1.94. The maximum absolute atomic E-state index is 12.7. The van der Waals surface area contributed by atoms with E-state index in [-0.39, 0.29) is 24.0 Å². The number of hydrogen-bond acceptors (Lipinski definition) is 3. The fourth-order valence-electron chi connectivity index (χ4n) is 4.38. The molecule has 1 aromatic carbocycles. The van der Waals surface area contributed by atoms with Crippen LogP contribution in [0.25, 0.3) is 0 Å². The summed E-state index contributed by atoms with van der Waals surface area (Å²) in [5, 5.41) is 6.50. The fourth-order valence-corrected chi connectivity index (χ4v) is 5.93. The third-order valence-corrected chi connectivity index (χ3v) is 7.23. The summed E-state index contributed by atoms with van der Waals surface area (Å²) in [6.45, 7) is 2.95. The van der Waals surface area contributed by atoms with E-state index < -0.39 is 0 Å². The summed E-state index contributed by atoms with van der Waals surface area (Å²) in [7, 11) is 0. The van der Waals surface area contributed by atoms with Gasteiger partial charge in [-0.3, -0.25) is 4.79 Å². The molecule has 5 nitrogen and oxygen atoms in total. The minimum Gasteiger partial charge on any atom is -0.332 e. The van der Waals surface area contributed by atoms with Crippen LogP contribution in [0.1, 0.15) is 43.2 Å². The molecule has 3 aliphatic heterocycles. The van der Waals surface area contributed by atoms with Crippen LogP contribution in [0.15, 0.2) is 18.2 Å². The van der Waals surface area contributed by atoms with E-state index in [4.69, 9.17) is 0 Å². The van der Waals surface area contributed by atoms with Crippen LogP contribution >= 0.6 is 11.8 Å². The Bertz CT molecular complexity index is 708. The molecule has 2 fully saturated rings. The van der Waals surface area contributed by atoms with Crippen molar-refractivity contribution in [2.75, 3.05) is 17.2 Å². The van der Waals surface area contributed by atoms with Crippen LogP contribution in [-0.2, 0) is 11.2 Å². The molecule has 2 N–H and O–H groups in total. The van der Waals surface area contributed by atoms with Crippen molar-refractivity contribution in [3.63, 3.8) is 0 Å². The summed E-state index contributed by atoms with van der Waals surface area (Å²) < 4.78 is 0. The molecule has 140 valence electrons. The topological polar surface area (TPSA) is 61.4 Å². The number of aryl methyl sites for hydroxylation is 2. The van der Waals surface area contributed by atoms with Gasteiger partial charge >= 0.3 is 6.03 Å². The highest BCUT2D eigenvalue weighted by Crippen LogP contribution is 2.33. The van der Waals surface area contributed by atoms with Crippen molar-refractivity contribution >= 4 is 29.4 Å². The Kier molecular flexibility index (Phi) is 5.11. The van der Waals surface area contributed by atoms with Crippen LogP contribution < -0.4 is 15.5 Å². The highest BCUT2D eigenvalue weighted by molar-refractivity contribution is 8.00. The van der Waals surface area contributed by atoms with E-state index in [9.17, 15) is 9.59 Å². The number of urea groups is 1. The van der Waals surface area contributed by atoms with Crippen molar-refractivity contribution in [3.8, 4) is 0 Å². The first-order chi connectivity index (χ1) is 12.6. The Morgan fingerprint density at radius 3 is 3.08 bits per heavy atom. The maximum Gasteiger partial charge on any atom is 0.315 e. The number of nitrogens with zero attached hydrogens (tertiary/aromatic N) is 1. The van der Waals surface area contributed by atoms with Crippen molar-refractivity contribution in [2.24, 2.45) is 0 Å². The largest absolute Gasteiger partial charge is 0.332 e. The smallest absolute Gasteiger partial charge is 0.315 e. The average Bonchev–Trinajstić information content (AvgIpc) is 3.17. The van der Waals surface area contributed by atoms with Gasteiger partial charge in [0.15, 0.2) is 0 Å². The summed E-state index contributed by atoms with van der Waals surface area (Å²) in [5.41, 5.74) is 3.68. The Balaban J connectivity index is 1.26. The van der Waals surface area contributed by atoms with Gasteiger partial charge in [-0.25, -0.2) is 4.79 Å². The first-order valence-electron chi connectivity index (χ1n) is 9.70. The summed E-state index contributed by atoms with van der Waals surface area (Å²) in [5.74, 6) is 1.25. The quantitative estimate of drug-likeness (QED) is 0.616. The molecule has 0 aliphatic carbocycles. The lowest BCUT2D eigenvalue weighted by Gasteiger charge is -2.30. The SMILES string of the molecule is Cc1ccc2c(c1)CCCN2C(=O)CCCC[C@@H]1SC[C@@H]2NC(=O)N[C@@H]21. The van der Waals surface area contributed by atoms with Gasteiger partial charge in [0, 0.05) is 29.7 Å². The number of rotatable bonds is 5. The molecule has 3 amide bonds. The second-order valence-electron chi connectivity index (χ2n) is 7.65. The molecule has 0 unspecified atom stereocenters. The molecule has 3 aliphatic rings. The lowest BCUT2D eigenvalue weighted by Crippen LogP contribution is -2.37. The minimum atomic E-state index is -0.0283. The zero-order chi connectivity index (χ0) is 18.1. The first kappa shape index (κ1) is 17.7. The number of carbonyl (C=O) groups is 2. The summed E-state index contributed by atoms with van der Waals surface area (Å²) in [6.07, 6.45) is 5.77. The van der Waals surface area contributed by atoms with E-state index in [1.165, 1.54) is 11.1 Å². The van der Waals surface area contributed by atoms with Crippen molar-refractivity contribution in [3.05, 3.63) is 29.3 Å². The standard InChI is InChI=1S/C20H27N3O2S/c1-13-8-9-16-14(11-13)5-4-10-23(16)18(24)7-3-2-6-17-19-15(12-26-17)21-20(25)22-19/h8-9,11,15,17,19H,2-7,10,12H2,1H3,(H2,21,22,25)/t15-,17-,19-/m0/s1. The normalized spacial score (nSPS) is 26.9. The van der Waals surface area contributed by atoms with E-state index in [2.05, 4.69) is 35.8 Å². The number of amides is 3. The van der Waals surface area contributed by atoms with E-state index in [0.717, 1.165) is 50.1 Å². The first-order valence-corrected chi connectivity index (χ1v) is 10.8. The van der Waals surface area contributed by atoms with Crippen LogP contribution in [0.3, 0.4) is 0 Å². The molecule has 3 atom stereocenters. The number of nitrogens with one attached hydrogen (secondary N) is 2. The summed E-state index contributed by atoms with van der Waals surface area (Å²) in [4.78, 5) is 26.1. The molecule has 0 aromatic heterocycles. The van der Waals surface area contributed by atoms with Crippen molar-refractivity contribution in [1.29, 1.82) is 0 Å². The van der Waals surface area contributed by atoms with E-state index >= 15 is 0 Å². The number of anilines is 1. The molecule has 3 heterocycles. The van der Waals surface area contributed by atoms with Gasteiger partial charge in [-0.15, -0.1) is 0 Å². The molecular weight excluding hydrogens is 346 g/mol. The predicted octanol–water partition coefficient (Wildman–Crippen LogP) is 3.00. The van der Waals surface area contributed by atoms with Crippen molar-refractivity contribution < 1.29 is 9.59 Å². The van der Waals surface area contributed by atoms with Crippen LogP contribution in [0, 0.1) is 6.92 Å². The molecule has 0 spiro atoms. The van der Waals surface area contributed by atoms with Gasteiger partial charge in [0.05, 0.1) is 12.1 Å². The summed E-state index contributed by atoms with van der Waals surface area (Å²) in [6, 6.07) is 6.94. The van der Waals surface area contributed by atoms with E-state index in [0.29, 0.717) is 11.7 Å². The zero-order valence-corrected chi connectivity index (χ0v) is 16.1. The average molecular weight is 374 g/mol. The number of carbonyl (C=O) groups excluding carboxylic acids is 2. The number of benzene rings is 1. The van der Waals surface area contributed by atoms with Gasteiger partial charge in [0.1, 0.15) is 0 Å². The number of unbranched alkanes of at least 4 members (excludes halogenated alkanes) is 1. The number of fused-ring (bicyclic) bond motifs is 2.